The van der Waals surface area contributed by atoms with Crippen LogP contribution in [0, 0.1) is 12.8 Å². The van der Waals surface area contributed by atoms with Crippen LogP contribution in [0.1, 0.15) is 54.9 Å². The third-order valence-corrected chi connectivity index (χ3v) is 5.93. The molecule has 2 aliphatic rings. The maximum atomic E-state index is 6.56. The summed E-state index contributed by atoms with van der Waals surface area (Å²) in [5.74, 6) is 0.929. The van der Waals surface area contributed by atoms with Crippen molar-refractivity contribution in [3.63, 3.8) is 0 Å². The van der Waals surface area contributed by atoms with Gasteiger partial charge >= 0.3 is 0 Å². The Kier molecular flexibility index (Phi) is 3.97. The number of aryl methyl sites for hydroxylation is 1. The quantitative estimate of drug-likeness (QED) is 0.881. The molecule has 0 radical (unpaired) electrons. The van der Waals surface area contributed by atoms with Gasteiger partial charge in [0.2, 0.25) is 0 Å². The molecule has 106 valence electrons. The van der Waals surface area contributed by atoms with E-state index in [2.05, 4.69) is 31.3 Å². The molecule has 1 N–H and O–H groups in total. The molecule has 0 bridgehead atoms. The lowest BCUT2D eigenvalue weighted by Crippen LogP contribution is -2.52. The molecule has 1 atom stereocenters. The highest BCUT2D eigenvalue weighted by molar-refractivity contribution is 7.12. The predicted molar refractivity (Wildman–Crippen MR) is 80.7 cm³/mol. The first-order valence-electron chi connectivity index (χ1n) is 7.66. The van der Waals surface area contributed by atoms with Gasteiger partial charge in [-0.3, -0.25) is 0 Å². The highest BCUT2D eigenvalue weighted by Gasteiger charge is 2.40. The van der Waals surface area contributed by atoms with Crippen LogP contribution in [-0.2, 0) is 4.74 Å². The Bertz CT molecular complexity index is 420. The Morgan fingerprint density at radius 2 is 2.16 bits per heavy atom. The van der Waals surface area contributed by atoms with Crippen LogP contribution in [-0.4, -0.2) is 18.7 Å². The summed E-state index contributed by atoms with van der Waals surface area (Å²) in [4.78, 5) is 2.77. The fourth-order valence-electron chi connectivity index (χ4n) is 3.51. The normalized spacial score (nSPS) is 35.7. The molecule has 19 heavy (non-hydrogen) atoms. The third-order valence-electron chi connectivity index (χ3n) is 4.84. The Hall–Kier alpha value is -0.380. The van der Waals surface area contributed by atoms with Gasteiger partial charge in [-0.15, -0.1) is 11.3 Å². The molecular formula is C16H25NOS. The lowest BCUT2D eigenvalue weighted by molar-refractivity contribution is -0.140. The molecule has 0 amide bonds. The molecule has 1 aromatic heterocycles. The molecule has 1 saturated carbocycles. The van der Waals surface area contributed by atoms with Crippen molar-refractivity contribution in [1.82, 2.24) is 5.32 Å². The second-order valence-electron chi connectivity index (χ2n) is 6.22. The summed E-state index contributed by atoms with van der Waals surface area (Å²) >= 11 is 1.88. The first-order chi connectivity index (χ1) is 9.21. The van der Waals surface area contributed by atoms with Crippen LogP contribution >= 0.6 is 11.3 Å². The second kappa shape index (κ2) is 5.55. The van der Waals surface area contributed by atoms with Crippen molar-refractivity contribution in [2.45, 2.75) is 57.7 Å². The molecular weight excluding hydrogens is 254 g/mol. The highest BCUT2D eigenvalue weighted by atomic mass is 32.1. The zero-order valence-electron chi connectivity index (χ0n) is 12.1. The molecule has 3 heteroatoms. The van der Waals surface area contributed by atoms with Gasteiger partial charge in [0, 0.05) is 22.8 Å². The minimum Gasteiger partial charge on any atom is -0.364 e. The molecule has 2 fully saturated rings. The number of morpholine rings is 1. The Labute approximate surface area is 120 Å². The molecule has 1 aromatic rings. The van der Waals surface area contributed by atoms with Crippen LogP contribution in [0.4, 0.5) is 0 Å². The maximum Gasteiger partial charge on any atom is 0.105 e. The van der Waals surface area contributed by atoms with Crippen LogP contribution in [0.15, 0.2) is 12.1 Å². The SMILES string of the molecule is CCC1CCC2(CC1)CNCC(c1ccc(C)s1)O2. The summed E-state index contributed by atoms with van der Waals surface area (Å²) in [6.45, 7) is 6.51. The van der Waals surface area contributed by atoms with Crippen LogP contribution < -0.4 is 5.32 Å². The van der Waals surface area contributed by atoms with E-state index in [0.717, 1.165) is 19.0 Å². The van der Waals surface area contributed by atoms with Gasteiger partial charge in [-0.25, -0.2) is 0 Å². The second-order valence-corrected chi connectivity index (χ2v) is 7.54. The lowest BCUT2D eigenvalue weighted by atomic mass is 9.77. The number of thiophene rings is 1. The Morgan fingerprint density at radius 1 is 1.37 bits per heavy atom. The van der Waals surface area contributed by atoms with Crippen LogP contribution in [0.5, 0.6) is 0 Å². The number of ether oxygens (including phenoxy) is 1. The smallest absolute Gasteiger partial charge is 0.105 e. The van der Waals surface area contributed by atoms with E-state index in [1.54, 1.807) is 0 Å². The third kappa shape index (κ3) is 2.88. The largest absolute Gasteiger partial charge is 0.364 e. The average molecular weight is 279 g/mol. The van der Waals surface area contributed by atoms with Gasteiger partial charge in [-0.05, 0) is 50.7 Å². The van der Waals surface area contributed by atoms with E-state index in [1.807, 2.05) is 11.3 Å². The molecule has 1 aliphatic heterocycles. The van der Waals surface area contributed by atoms with Gasteiger partial charge in [0.15, 0.2) is 0 Å². The van der Waals surface area contributed by atoms with E-state index in [0.29, 0.717) is 0 Å². The molecule has 1 aliphatic carbocycles. The Balaban J connectivity index is 1.68. The number of hydrogen-bond donors (Lipinski definition) is 1. The first kappa shape index (κ1) is 13.6. The van der Waals surface area contributed by atoms with E-state index in [9.17, 15) is 0 Å². The van der Waals surface area contributed by atoms with Crippen molar-refractivity contribution in [2.75, 3.05) is 13.1 Å². The average Bonchev–Trinajstić information content (AvgIpc) is 2.87. The van der Waals surface area contributed by atoms with Gasteiger partial charge in [0.1, 0.15) is 6.10 Å². The van der Waals surface area contributed by atoms with Gasteiger partial charge in [0.05, 0.1) is 5.60 Å². The summed E-state index contributed by atoms with van der Waals surface area (Å²) in [5.41, 5.74) is 0.118. The minimum atomic E-state index is 0.118. The van der Waals surface area contributed by atoms with Gasteiger partial charge < -0.3 is 10.1 Å². The Morgan fingerprint density at radius 3 is 2.79 bits per heavy atom. The van der Waals surface area contributed by atoms with E-state index < -0.39 is 0 Å². The molecule has 0 aromatic carbocycles. The highest BCUT2D eigenvalue weighted by Crippen LogP contribution is 2.41. The number of rotatable bonds is 2. The van der Waals surface area contributed by atoms with Crippen molar-refractivity contribution < 1.29 is 4.74 Å². The van der Waals surface area contributed by atoms with E-state index in [4.69, 9.17) is 4.74 Å². The van der Waals surface area contributed by atoms with Crippen LogP contribution in [0.2, 0.25) is 0 Å². The van der Waals surface area contributed by atoms with Crippen molar-refractivity contribution in [1.29, 1.82) is 0 Å². The predicted octanol–water partition coefficient (Wildman–Crippen LogP) is 4.06. The molecule has 2 nitrogen and oxygen atoms in total. The topological polar surface area (TPSA) is 21.3 Å². The standard InChI is InChI=1S/C16H25NOS/c1-3-13-6-8-16(9-7-13)11-17-10-14(18-16)15-5-4-12(2)19-15/h4-5,13-14,17H,3,6-11H2,1-2H3. The number of nitrogens with one attached hydrogen (secondary N) is 1. The lowest BCUT2D eigenvalue weighted by Gasteiger charge is -2.45. The van der Waals surface area contributed by atoms with E-state index >= 15 is 0 Å². The van der Waals surface area contributed by atoms with Crippen molar-refractivity contribution in [3.8, 4) is 0 Å². The maximum absolute atomic E-state index is 6.56. The summed E-state index contributed by atoms with van der Waals surface area (Å²) < 4.78 is 6.56. The van der Waals surface area contributed by atoms with Gasteiger partial charge in [-0.1, -0.05) is 13.3 Å². The molecule has 1 saturated heterocycles. The van der Waals surface area contributed by atoms with Crippen LogP contribution in [0.3, 0.4) is 0 Å². The zero-order valence-corrected chi connectivity index (χ0v) is 12.9. The van der Waals surface area contributed by atoms with Crippen molar-refractivity contribution >= 4 is 11.3 Å². The number of hydrogen-bond acceptors (Lipinski definition) is 3. The monoisotopic (exact) mass is 279 g/mol. The summed E-state index contributed by atoms with van der Waals surface area (Å²) in [7, 11) is 0. The first-order valence-corrected chi connectivity index (χ1v) is 8.47. The van der Waals surface area contributed by atoms with Crippen molar-refractivity contribution in [2.24, 2.45) is 5.92 Å². The molecule has 1 unspecified atom stereocenters. The molecule has 2 heterocycles. The fourth-order valence-corrected chi connectivity index (χ4v) is 4.41. The van der Waals surface area contributed by atoms with Crippen molar-refractivity contribution in [3.05, 3.63) is 21.9 Å². The molecule has 3 rings (SSSR count). The zero-order chi connectivity index (χ0) is 13.3. The van der Waals surface area contributed by atoms with Crippen LogP contribution in [0.25, 0.3) is 0 Å². The van der Waals surface area contributed by atoms with Gasteiger partial charge in [-0.2, -0.15) is 0 Å². The summed E-state index contributed by atoms with van der Waals surface area (Å²) in [5, 5.41) is 3.62. The van der Waals surface area contributed by atoms with E-state index in [1.165, 1.54) is 41.9 Å². The minimum absolute atomic E-state index is 0.118. The fraction of sp³-hybridized carbons (Fsp3) is 0.750. The molecule has 1 spiro atoms. The summed E-state index contributed by atoms with van der Waals surface area (Å²) in [6, 6.07) is 4.45. The van der Waals surface area contributed by atoms with E-state index in [-0.39, 0.29) is 11.7 Å². The van der Waals surface area contributed by atoms with Gasteiger partial charge in [0.25, 0.3) is 0 Å². The summed E-state index contributed by atoms with van der Waals surface area (Å²) in [6.07, 6.45) is 6.75.